The lowest BCUT2D eigenvalue weighted by Gasteiger charge is -2.16. The molecule has 136 valence electrons. The molecule has 2 aromatic rings. The van der Waals surface area contributed by atoms with Crippen LogP contribution in [0.2, 0.25) is 0 Å². The fourth-order valence-corrected chi connectivity index (χ4v) is 2.62. The number of oxime groups is 1. The van der Waals surface area contributed by atoms with Crippen LogP contribution in [0.3, 0.4) is 0 Å². The van der Waals surface area contributed by atoms with Crippen molar-refractivity contribution >= 4 is 29.4 Å². The van der Waals surface area contributed by atoms with Crippen molar-refractivity contribution in [3.63, 3.8) is 0 Å². The number of rotatable bonds is 6. The molecule has 0 amide bonds. The van der Waals surface area contributed by atoms with E-state index in [-0.39, 0.29) is 6.54 Å². The molecule has 27 heavy (non-hydrogen) atoms. The molecule has 0 saturated heterocycles. The maximum absolute atomic E-state index is 11.9. The highest BCUT2D eigenvalue weighted by atomic mass is 16.7. The lowest BCUT2D eigenvalue weighted by atomic mass is 10.0. The number of carboxylic acid groups (broad SMARTS) is 1. The van der Waals surface area contributed by atoms with E-state index in [1.807, 2.05) is 60.7 Å². The van der Waals surface area contributed by atoms with Crippen LogP contribution < -0.4 is 4.90 Å². The standard InChI is InChI=1S/C21H18N2O4/c1-23(14-19(24)25)17-12-10-15(11-13-17)6-5-9-18-20(22-27-21(18)26)16-7-3-2-4-8-16/h2-13H,14H2,1H3,(H,24,25)/b6-5+,18-9-. The van der Waals surface area contributed by atoms with Crippen LogP contribution in [-0.2, 0) is 14.4 Å². The monoisotopic (exact) mass is 362 g/mol. The Balaban J connectivity index is 1.73. The number of benzene rings is 2. The zero-order valence-electron chi connectivity index (χ0n) is 14.7. The highest BCUT2D eigenvalue weighted by Crippen LogP contribution is 2.19. The van der Waals surface area contributed by atoms with Gasteiger partial charge in [0.2, 0.25) is 0 Å². The molecule has 1 aliphatic rings. The molecule has 1 aliphatic heterocycles. The predicted molar refractivity (Wildman–Crippen MR) is 104 cm³/mol. The Hall–Kier alpha value is -3.67. The molecular weight excluding hydrogens is 344 g/mol. The minimum absolute atomic E-state index is 0.0645. The Morgan fingerprint density at radius 1 is 1.15 bits per heavy atom. The van der Waals surface area contributed by atoms with E-state index in [0.717, 1.165) is 16.8 Å². The van der Waals surface area contributed by atoms with Crippen molar-refractivity contribution in [2.24, 2.45) is 5.16 Å². The summed E-state index contributed by atoms with van der Waals surface area (Å²) in [6.07, 6.45) is 5.28. The summed E-state index contributed by atoms with van der Waals surface area (Å²) in [6.45, 7) is -0.0645. The summed E-state index contributed by atoms with van der Waals surface area (Å²) in [5.41, 5.74) is 3.45. The molecule has 0 spiro atoms. The van der Waals surface area contributed by atoms with E-state index in [0.29, 0.717) is 11.3 Å². The fraction of sp³-hybridized carbons (Fsp3) is 0.0952. The molecule has 0 unspecified atom stereocenters. The number of nitrogens with zero attached hydrogens (tertiary/aromatic N) is 2. The van der Waals surface area contributed by atoms with Crippen molar-refractivity contribution in [1.29, 1.82) is 0 Å². The zero-order chi connectivity index (χ0) is 19.2. The van der Waals surface area contributed by atoms with Gasteiger partial charge in [0.05, 0.1) is 5.57 Å². The third kappa shape index (κ3) is 4.49. The van der Waals surface area contributed by atoms with Gasteiger partial charge in [0.15, 0.2) is 0 Å². The summed E-state index contributed by atoms with van der Waals surface area (Å²) in [7, 11) is 1.72. The van der Waals surface area contributed by atoms with Gasteiger partial charge in [-0.25, -0.2) is 4.79 Å². The number of aliphatic carboxylic acids is 1. The molecule has 0 fully saturated rings. The maximum atomic E-state index is 11.9. The first-order valence-corrected chi connectivity index (χ1v) is 8.31. The highest BCUT2D eigenvalue weighted by molar-refractivity contribution is 6.29. The predicted octanol–water partition coefficient (Wildman–Crippen LogP) is 3.11. The molecule has 0 aliphatic carbocycles. The largest absolute Gasteiger partial charge is 0.480 e. The summed E-state index contributed by atoms with van der Waals surface area (Å²) < 4.78 is 0. The van der Waals surface area contributed by atoms with Gasteiger partial charge in [-0.15, -0.1) is 0 Å². The second-order valence-electron chi connectivity index (χ2n) is 5.97. The van der Waals surface area contributed by atoms with Crippen molar-refractivity contribution in [1.82, 2.24) is 0 Å². The molecule has 0 bridgehead atoms. The Labute approximate surface area is 156 Å². The van der Waals surface area contributed by atoms with Crippen molar-refractivity contribution in [2.45, 2.75) is 0 Å². The van der Waals surface area contributed by atoms with Gasteiger partial charge in [0, 0.05) is 18.3 Å². The summed E-state index contributed by atoms with van der Waals surface area (Å²) in [5, 5.41) is 12.7. The normalized spacial score (nSPS) is 15.1. The van der Waals surface area contributed by atoms with Crippen LogP contribution in [0.1, 0.15) is 11.1 Å². The average Bonchev–Trinajstić information content (AvgIpc) is 3.03. The van der Waals surface area contributed by atoms with E-state index in [2.05, 4.69) is 5.16 Å². The van der Waals surface area contributed by atoms with Gasteiger partial charge in [-0.1, -0.05) is 59.8 Å². The lowest BCUT2D eigenvalue weighted by molar-refractivity contribution is -0.137. The van der Waals surface area contributed by atoms with Crippen LogP contribution >= 0.6 is 0 Å². The second-order valence-corrected chi connectivity index (χ2v) is 5.97. The summed E-state index contributed by atoms with van der Waals surface area (Å²) in [5.74, 6) is -1.36. The van der Waals surface area contributed by atoms with Crippen LogP contribution in [0.15, 0.2) is 77.5 Å². The smallest absolute Gasteiger partial charge is 0.368 e. The number of anilines is 1. The topological polar surface area (TPSA) is 79.2 Å². The minimum Gasteiger partial charge on any atom is -0.480 e. The Kier molecular flexibility index (Phi) is 5.47. The molecule has 6 heteroatoms. The Morgan fingerprint density at radius 2 is 1.85 bits per heavy atom. The Morgan fingerprint density at radius 3 is 2.52 bits per heavy atom. The van der Waals surface area contributed by atoms with Crippen LogP contribution in [0.5, 0.6) is 0 Å². The maximum Gasteiger partial charge on any atom is 0.368 e. The SMILES string of the molecule is CN(CC(=O)O)c1ccc(/C=C/C=C2\C(=O)ON=C2c2ccccc2)cc1. The third-order valence-electron chi connectivity index (χ3n) is 4.00. The molecule has 0 atom stereocenters. The van der Waals surface area contributed by atoms with Crippen LogP contribution in [0.4, 0.5) is 5.69 Å². The van der Waals surface area contributed by atoms with Gasteiger partial charge in [-0.2, -0.15) is 0 Å². The minimum atomic E-state index is -0.882. The number of hydrogen-bond acceptors (Lipinski definition) is 5. The van der Waals surface area contributed by atoms with E-state index < -0.39 is 11.9 Å². The molecule has 0 saturated carbocycles. The molecule has 0 aromatic heterocycles. The van der Waals surface area contributed by atoms with Crippen molar-refractivity contribution in [2.75, 3.05) is 18.5 Å². The summed E-state index contributed by atoms with van der Waals surface area (Å²) in [4.78, 5) is 29.1. The van der Waals surface area contributed by atoms with Gasteiger partial charge >= 0.3 is 11.9 Å². The fourth-order valence-electron chi connectivity index (χ4n) is 2.62. The zero-order valence-corrected chi connectivity index (χ0v) is 14.7. The van der Waals surface area contributed by atoms with Crippen molar-refractivity contribution < 1.29 is 19.5 Å². The molecule has 0 radical (unpaired) electrons. The number of likely N-dealkylation sites (N-methyl/N-ethyl adjacent to an activating group) is 1. The van der Waals surface area contributed by atoms with Crippen molar-refractivity contribution in [3.8, 4) is 0 Å². The summed E-state index contributed by atoms with van der Waals surface area (Å²) >= 11 is 0. The first-order valence-electron chi connectivity index (χ1n) is 8.31. The van der Waals surface area contributed by atoms with Gasteiger partial charge in [0.25, 0.3) is 0 Å². The highest BCUT2D eigenvalue weighted by Gasteiger charge is 2.25. The van der Waals surface area contributed by atoms with E-state index >= 15 is 0 Å². The molecule has 3 rings (SSSR count). The quantitative estimate of drug-likeness (QED) is 0.631. The van der Waals surface area contributed by atoms with Crippen LogP contribution in [0, 0.1) is 0 Å². The first kappa shape index (κ1) is 18.1. The number of carbonyl (C=O) groups is 2. The number of hydrogen-bond donors (Lipinski definition) is 1. The van der Waals surface area contributed by atoms with Gasteiger partial charge in [-0.3, -0.25) is 4.79 Å². The van der Waals surface area contributed by atoms with Crippen molar-refractivity contribution in [3.05, 3.63) is 83.4 Å². The van der Waals surface area contributed by atoms with Gasteiger partial charge in [-0.05, 0) is 23.8 Å². The molecule has 6 nitrogen and oxygen atoms in total. The third-order valence-corrected chi connectivity index (χ3v) is 4.00. The number of carbonyl (C=O) groups excluding carboxylic acids is 1. The van der Waals surface area contributed by atoms with E-state index in [1.54, 1.807) is 24.1 Å². The van der Waals surface area contributed by atoms with E-state index in [1.165, 1.54) is 0 Å². The van der Waals surface area contributed by atoms with E-state index in [4.69, 9.17) is 9.94 Å². The second kappa shape index (κ2) is 8.14. The number of carboxylic acids is 1. The molecule has 1 heterocycles. The Bertz CT molecular complexity index is 928. The van der Waals surface area contributed by atoms with E-state index in [9.17, 15) is 9.59 Å². The first-order chi connectivity index (χ1) is 13.0. The van der Waals surface area contributed by atoms with Crippen LogP contribution in [0.25, 0.3) is 6.08 Å². The van der Waals surface area contributed by atoms with Gasteiger partial charge in [0.1, 0.15) is 12.3 Å². The summed E-state index contributed by atoms with van der Waals surface area (Å²) in [6, 6.07) is 16.8. The number of allylic oxidation sites excluding steroid dienone is 2. The average molecular weight is 362 g/mol. The lowest BCUT2D eigenvalue weighted by Crippen LogP contribution is -2.24. The molecule has 2 aromatic carbocycles. The molecule has 1 N–H and O–H groups in total. The molecular formula is C21H18N2O4. The van der Waals surface area contributed by atoms with Gasteiger partial charge < -0.3 is 14.8 Å². The van der Waals surface area contributed by atoms with Crippen LogP contribution in [-0.4, -0.2) is 36.3 Å².